The minimum Gasteiger partial charge on any atom is -0.313 e. The number of rotatable bonds is 5. The van der Waals surface area contributed by atoms with Crippen LogP contribution in [0.3, 0.4) is 0 Å². The van der Waals surface area contributed by atoms with E-state index in [4.69, 9.17) is 0 Å². The van der Waals surface area contributed by atoms with Gasteiger partial charge in [0.1, 0.15) is 0 Å². The summed E-state index contributed by atoms with van der Waals surface area (Å²) >= 11 is 0. The molecule has 1 aliphatic heterocycles. The van der Waals surface area contributed by atoms with Crippen molar-refractivity contribution in [2.75, 3.05) is 40.3 Å². The number of hydrogen-bond donors (Lipinski definition) is 1. The smallest absolute Gasteiger partial charge is 0.0107 e. The summed E-state index contributed by atoms with van der Waals surface area (Å²) in [6.07, 6.45) is 3.99. The molecular weight excluding hydrogens is 198 g/mol. The maximum atomic E-state index is 3.70. The Bertz CT molecular complexity index is 182. The van der Waals surface area contributed by atoms with Gasteiger partial charge >= 0.3 is 0 Å². The molecular formula is C13H29N3. The second-order valence-corrected chi connectivity index (χ2v) is 5.46. The Labute approximate surface area is 101 Å². The molecule has 1 aliphatic rings. The van der Waals surface area contributed by atoms with E-state index in [0.717, 1.165) is 19.1 Å². The van der Waals surface area contributed by atoms with Crippen molar-refractivity contribution in [3.05, 3.63) is 0 Å². The van der Waals surface area contributed by atoms with Gasteiger partial charge in [0.2, 0.25) is 0 Å². The van der Waals surface area contributed by atoms with Crippen LogP contribution in [0.5, 0.6) is 0 Å². The molecule has 0 aromatic rings. The zero-order chi connectivity index (χ0) is 12.0. The van der Waals surface area contributed by atoms with Crippen LogP contribution in [-0.2, 0) is 0 Å². The first kappa shape index (κ1) is 13.9. The molecule has 96 valence electrons. The Kier molecular flexibility index (Phi) is 6.32. The Morgan fingerprint density at radius 2 is 2.06 bits per heavy atom. The second kappa shape index (κ2) is 7.25. The Hall–Kier alpha value is -0.120. The van der Waals surface area contributed by atoms with Gasteiger partial charge in [0.25, 0.3) is 0 Å². The lowest BCUT2D eigenvalue weighted by Crippen LogP contribution is -2.38. The van der Waals surface area contributed by atoms with E-state index in [9.17, 15) is 0 Å². The first-order valence-electron chi connectivity index (χ1n) is 6.71. The molecule has 0 spiro atoms. The van der Waals surface area contributed by atoms with E-state index in [0.29, 0.717) is 6.04 Å². The van der Waals surface area contributed by atoms with Gasteiger partial charge in [-0.3, -0.25) is 0 Å². The molecule has 1 rings (SSSR count). The van der Waals surface area contributed by atoms with Gasteiger partial charge in [-0.25, -0.2) is 0 Å². The van der Waals surface area contributed by atoms with Gasteiger partial charge in [0, 0.05) is 25.2 Å². The molecule has 3 nitrogen and oxygen atoms in total. The monoisotopic (exact) mass is 227 g/mol. The molecule has 0 radical (unpaired) electrons. The van der Waals surface area contributed by atoms with Crippen LogP contribution in [0.4, 0.5) is 0 Å². The molecule has 1 atom stereocenters. The van der Waals surface area contributed by atoms with Crippen molar-refractivity contribution in [3.63, 3.8) is 0 Å². The van der Waals surface area contributed by atoms with Crippen LogP contribution >= 0.6 is 0 Å². The normalized spacial score (nSPS) is 24.0. The predicted octanol–water partition coefficient (Wildman–Crippen LogP) is 1.40. The van der Waals surface area contributed by atoms with E-state index >= 15 is 0 Å². The third-order valence-corrected chi connectivity index (χ3v) is 3.73. The van der Waals surface area contributed by atoms with E-state index < -0.39 is 0 Å². The first-order valence-corrected chi connectivity index (χ1v) is 6.71. The maximum absolute atomic E-state index is 3.70. The van der Waals surface area contributed by atoms with E-state index in [1.165, 1.54) is 32.4 Å². The molecule has 0 bridgehead atoms. The second-order valence-electron chi connectivity index (χ2n) is 5.46. The van der Waals surface area contributed by atoms with Gasteiger partial charge in [-0.05, 0) is 60.3 Å². The van der Waals surface area contributed by atoms with Crippen molar-refractivity contribution < 1.29 is 0 Å². The minimum absolute atomic E-state index is 0.655. The zero-order valence-corrected chi connectivity index (χ0v) is 11.5. The average Bonchev–Trinajstić information content (AvgIpc) is 2.43. The first-order chi connectivity index (χ1) is 7.59. The van der Waals surface area contributed by atoms with E-state index in [1.807, 2.05) is 0 Å². The lowest BCUT2D eigenvalue weighted by Gasteiger charge is -2.23. The average molecular weight is 227 g/mol. The highest BCUT2D eigenvalue weighted by Crippen LogP contribution is 2.09. The Balaban J connectivity index is 2.12. The number of nitrogens with one attached hydrogen (secondary N) is 1. The number of nitrogens with zero attached hydrogens (tertiary/aromatic N) is 2. The summed E-state index contributed by atoms with van der Waals surface area (Å²) < 4.78 is 0. The Morgan fingerprint density at radius 1 is 1.31 bits per heavy atom. The predicted molar refractivity (Wildman–Crippen MR) is 70.9 cm³/mol. The molecule has 0 saturated carbocycles. The van der Waals surface area contributed by atoms with Crippen molar-refractivity contribution in [2.45, 2.75) is 45.2 Å². The van der Waals surface area contributed by atoms with Crippen molar-refractivity contribution >= 4 is 0 Å². The van der Waals surface area contributed by atoms with Crippen molar-refractivity contribution in [1.29, 1.82) is 0 Å². The summed E-state index contributed by atoms with van der Waals surface area (Å²) in [5.41, 5.74) is 0. The molecule has 1 fully saturated rings. The van der Waals surface area contributed by atoms with Gasteiger partial charge < -0.3 is 15.1 Å². The molecule has 0 aromatic heterocycles. The van der Waals surface area contributed by atoms with E-state index in [-0.39, 0.29) is 0 Å². The summed E-state index contributed by atoms with van der Waals surface area (Å²) in [6.45, 7) is 9.30. The molecule has 16 heavy (non-hydrogen) atoms. The van der Waals surface area contributed by atoms with Crippen LogP contribution in [0.1, 0.15) is 33.1 Å². The van der Waals surface area contributed by atoms with Gasteiger partial charge in [-0.1, -0.05) is 0 Å². The molecule has 0 aliphatic carbocycles. The minimum atomic E-state index is 0.655. The molecule has 3 heteroatoms. The number of likely N-dealkylation sites (N-methyl/N-ethyl adjacent to an activating group) is 1. The Morgan fingerprint density at radius 3 is 2.75 bits per heavy atom. The number of hydrogen-bond acceptors (Lipinski definition) is 3. The molecule has 1 unspecified atom stereocenters. The van der Waals surface area contributed by atoms with Crippen molar-refractivity contribution in [2.24, 2.45) is 0 Å². The summed E-state index contributed by atoms with van der Waals surface area (Å²) in [4.78, 5) is 4.84. The fourth-order valence-electron chi connectivity index (χ4n) is 2.15. The molecule has 0 aromatic carbocycles. The fraction of sp³-hybridized carbons (Fsp3) is 1.00. The quantitative estimate of drug-likeness (QED) is 0.766. The van der Waals surface area contributed by atoms with Crippen LogP contribution in [0.2, 0.25) is 0 Å². The van der Waals surface area contributed by atoms with E-state index in [1.54, 1.807) is 0 Å². The van der Waals surface area contributed by atoms with Crippen molar-refractivity contribution in [1.82, 2.24) is 15.1 Å². The van der Waals surface area contributed by atoms with Crippen LogP contribution in [0.15, 0.2) is 0 Å². The summed E-state index contributed by atoms with van der Waals surface area (Å²) in [7, 11) is 4.43. The maximum Gasteiger partial charge on any atom is 0.0107 e. The van der Waals surface area contributed by atoms with Crippen LogP contribution in [-0.4, -0.2) is 62.2 Å². The third kappa shape index (κ3) is 5.28. The third-order valence-electron chi connectivity index (χ3n) is 3.73. The SMILES string of the molecule is CC(C)N(C)CCNC1CCCN(C)CC1. The topological polar surface area (TPSA) is 18.5 Å². The highest BCUT2D eigenvalue weighted by molar-refractivity contribution is 4.74. The zero-order valence-electron chi connectivity index (χ0n) is 11.5. The lowest BCUT2D eigenvalue weighted by molar-refractivity contribution is 0.266. The lowest BCUT2D eigenvalue weighted by atomic mass is 10.1. The summed E-state index contributed by atoms with van der Waals surface area (Å²) in [5.74, 6) is 0. The van der Waals surface area contributed by atoms with Gasteiger partial charge in [0.05, 0.1) is 0 Å². The van der Waals surface area contributed by atoms with Crippen LogP contribution in [0, 0.1) is 0 Å². The fourth-order valence-corrected chi connectivity index (χ4v) is 2.15. The van der Waals surface area contributed by atoms with Gasteiger partial charge in [-0.15, -0.1) is 0 Å². The molecule has 1 saturated heterocycles. The van der Waals surface area contributed by atoms with Gasteiger partial charge in [0.15, 0.2) is 0 Å². The summed E-state index contributed by atoms with van der Waals surface area (Å²) in [5, 5.41) is 3.70. The van der Waals surface area contributed by atoms with Crippen LogP contribution in [0.25, 0.3) is 0 Å². The molecule has 0 amide bonds. The largest absolute Gasteiger partial charge is 0.313 e. The molecule has 1 N–H and O–H groups in total. The van der Waals surface area contributed by atoms with Gasteiger partial charge in [-0.2, -0.15) is 0 Å². The highest BCUT2D eigenvalue weighted by Gasteiger charge is 2.14. The van der Waals surface area contributed by atoms with Crippen LogP contribution < -0.4 is 5.32 Å². The van der Waals surface area contributed by atoms with E-state index in [2.05, 4.69) is 43.1 Å². The van der Waals surface area contributed by atoms with Crippen molar-refractivity contribution in [3.8, 4) is 0 Å². The highest BCUT2D eigenvalue weighted by atomic mass is 15.1. The summed E-state index contributed by atoms with van der Waals surface area (Å²) in [6, 6.07) is 1.40. The molecule has 1 heterocycles. The number of likely N-dealkylation sites (tertiary alicyclic amines) is 1. The standard InChI is InChI=1S/C13H29N3/c1-12(2)16(4)11-8-14-13-6-5-9-15(3)10-7-13/h12-14H,5-11H2,1-4H3.